The molecule has 0 aliphatic rings. The third-order valence-corrected chi connectivity index (χ3v) is 3.68. The Kier molecular flexibility index (Phi) is 7.84. The maximum atomic E-state index is 5.97. The zero-order chi connectivity index (χ0) is 15.7. The van der Waals surface area contributed by atoms with Gasteiger partial charge in [0.25, 0.3) is 0 Å². The van der Waals surface area contributed by atoms with E-state index in [0.717, 1.165) is 38.4 Å². The first-order valence-corrected chi connectivity index (χ1v) is 7.87. The van der Waals surface area contributed by atoms with Gasteiger partial charge < -0.3 is 9.64 Å². The molecular weight excluding hydrogens is 258 g/mol. The Hall–Kier alpha value is -1.54. The third-order valence-electron chi connectivity index (χ3n) is 3.68. The maximum Gasteiger partial charge on any atom is 0.122 e. The van der Waals surface area contributed by atoms with Gasteiger partial charge in [-0.05, 0) is 42.2 Å². The average Bonchev–Trinajstić information content (AvgIpc) is 2.45. The van der Waals surface area contributed by atoms with E-state index in [9.17, 15) is 0 Å². The van der Waals surface area contributed by atoms with Crippen LogP contribution in [0.2, 0.25) is 0 Å². The summed E-state index contributed by atoms with van der Waals surface area (Å²) in [6, 6.07) is 6.52. The molecule has 0 unspecified atom stereocenters. The first-order chi connectivity index (χ1) is 10.1. The van der Waals surface area contributed by atoms with E-state index in [1.807, 2.05) is 12.2 Å². The molecule has 0 aliphatic heterocycles. The van der Waals surface area contributed by atoms with Crippen molar-refractivity contribution in [3.05, 3.63) is 54.6 Å². The first-order valence-electron chi connectivity index (χ1n) is 7.87. The fourth-order valence-electron chi connectivity index (χ4n) is 2.33. The minimum absolute atomic E-state index is 0.535. The van der Waals surface area contributed by atoms with Gasteiger partial charge in [-0.3, -0.25) is 0 Å². The van der Waals surface area contributed by atoms with Crippen LogP contribution in [0.1, 0.15) is 37.3 Å². The minimum Gasteiger partial charge on any atom is -0.493 e. The highest BCUT2D eigenvalue weighted by Gasteiger charge is 2.07. The van der Waals surface area contributed by atoms with Crippen LogP contribution in [-0.4, -0.2) is 26.2 Å². The van der Waals surface area contributed by atoms with Crippen molar-refractivity contribution in [2.45, 2.75) is 33.1 Å². The lowest BCUT2D eigenvalue weighted by atomic mass is 10.0. The van der Waals surface area contributed by atoms with E-state index in [0.29, 0.717) is 5.92 Å². The van der Waals surface area contributed by atoms with Crippen LogP contribution in [0, 0.1) is 6.92 Å². The Bertz CT molecular complexity index is 441. The molecule has 0 atom stereocenters. The van der Waals surface area contributed by atoms with Crippen molar-refractivity contribution >= 4 is 0 Å². The predicted octanol–water partition coefficient (Wildman–Crippen LogP) is 3.14. The monoisotopic (exact) mass is 288 g/mol. The molecule has 0 heterocycles. The summed E-state index contributed by atoms with van der Waals surface area (Å²) in [5.41, 5.74) is 2.54. The molecule has 1 aromatic rings. The lowest BCUT2D eigenvalue weighted by Crippen LogP contribution is -3.11. The Morgan fingerprint density at radius 3 is 2.43 bits per heavy atom. The van der Waals surface area contributed by atoms with Crippen molar-refractivity contribution in [2.75, 3.05) is 26.2 Å². The first kappa shape index (κ1) is 17.5. The Morgan fingerprint density at radius 1 is 1.19 bits per heavy atom. The zero-order valence-corrected chi connectivity index (χ0v) is 13.8. The summed E-state index contributed by atoms with van der Waals surface area (Å²) in [5, 5.41) is 0. The number of quaternary nitrogens is 1. The lowest BCUT2D eigenvalue weighted by molar-refractivity contribution is -0.888. The smallest absolute Gasteiger partial charge is 0.122 e. The average molecular weight is 288 g/mol. The molecule has 21 heavy (non-hydrogen) atoms. The van der Waals surface area contributed by atoms with E-state index in [2.05, 4.69) is 52.1 Å². The van der Waals surface area contributed by atoms with Gasteiger partial charge in [0.15, 0.2) is 0 Å². The Labute approximate surface area is 130 Å². The molecule has 1 rings (SSSR count). The SMILES string of the molecule is C=CC[NH+](CC=C)CCCOc1cc(C(C)C)ccc1C. The molecule has 0 fully saturated rings. The predicted molar refractivity (Wildman–Crippen MR) is 91.3 cm³/mol. The molecule has 0 aromatic heterocycles. The number of hydrogen-bond donors (Lipinski definition) is 1. The van der Waals surface area contributed by atoms with Crippen molar-refractivity contribution < 1.29 is 9.64 Å². The fraction of sp³-hybridized carbons (Fsp3) is 0.474. The van der Waals surface area contributed by atoms with Gasteiger partial charge in [-0.2, -0.15) is 0 Å². The Morgan fingerprint density at radius 2 is 1.86 bits per heavy atom. The minimum atomic E-state index is 0.535. The normalized spacial score (nSPS) is 10.9. The van der Waals surface area contributed by atoms with Crippen molar-refractivity contribution in [2.24, 2.45) is 0 Å². The third kappa shape index (κ3) is 6.17. The van der Waals surface area contributed by atoms with Crippen LogP contribution >= 0.6 is 0 Å². The van der Waals surface area contributed by atoms with Gasteiger partial charge in [0.1, 0.15) is 5.75 Å². The highest BCUT2D eigenvalue weighted by Crippen LogP contribution is 2.24. The van der Waals surface area contributed by atoms with Gasteiger partial charge in [0, 0.05) is 6.42 Å². The number of aryl methyl sites for hydroxylation is 1. The molecule has 0 spiro atoms. The summed E-state index contributed by atoms with van der Waals surface area (Å²) in [5.74, 6) is 1.56. The van der Waals surface area contributed by atoms with Gasteiger partial charge in [0.05, 0.1) is 26.2 Å². The molecule has 1 N–H and O–H groups in total. The second kappa shape index (κ2) is 9.41. The van der Waals surface area contributed by atoms with E-state index in [-0.39, 0.29) is 0 Å². The summed E-state index contributed by atoms with van der Waals surface area (Å²) < 4.78 is 5.97. The molecule has 0 saturated carbocycles. The second-order valence-electron chi connectivity index (χ2n) is 5.87. The molecule has 0 amide bonds. The largest absolute Gasteiger partial charge is 0.493 e. The second-order valence-corrected chi connectivity index (χ2v) is 5.87. The molecule has 2 nitrogen and oxygen atoms in total. The van der Waals surface area contributed by atoms with Gasteiger partial charge >= 0.3 is 0 Å². The van der Waals surface area contributed by atoms with Crippen LogP contribution in [0.15, 0.2) is 43.5 Å². The molecule has 0 aliphatic carbocycles. The zero-order valence-electron chi connectivity index (χ0n) is 13.8. The molecule has 0 saturated heterocycles. The molecule has 116 valence electrons. The van der Waals surface area contributed by atoms with E-state index < -0.39 is 0 Å². The van der Waals surface area contributed by atoms with E-state index in [4.69, 9.17) is 4.74 Å². The van der Waals surface area contributed by atoms with Gasteiger partial charge in [-0.15, -0.1) is 0 Å². The van der Waals surface area contributed by atoms with Gasteiger partial charge in [-0.25, -0.2) is 0 Å². The van der Waals surface area contributed by atoms with Gasteiger partial charge in [0.2, 0.25) is 0 Å². The maximum absolute atomic E-state index is 5.97. The number of hydrogen-bond acceptors (Lipinski definition) is 1. The number of nitrogens with one attached hydrogen (secondary N) is 1. The summed E-state index contributed by atoms with van der Waals surface area (Å²) in [4.78, 5) is 1.48. The van der Waals surface area contributed by atoms with Crippen molar-refractivity contribution in [3.8, 4) is 5.75 Å². The number of rotatable bonds is 10. The van der Waals surface area contributed by atoms with Crippen LogP contribution in [0.25, 0.3) is 0 Å². The lowest BCUT2D eigenvalue weighted by Gasteiger charge is -2.17. The van der Waals surface area contributed by atoms with Crippen molar-refractivity contribution in [1.29, 1.82) is 0 Å². The summed E-state index contributed by atoms with van der Waals surface area (Å²) in [7, 11) is 0. The molecule has 1 aromatic carbocycles. The quantitative estimate of drug-likeness (QED) is 0.516. The molecule has 0 radical (unpaired) electrons. The van der Waals surface area contributed by atoms with E-state index >= 15 is 0 Å². The van der Waals surface area contributed by atoms with Crippen molar-refractivity contribution in [3.63, 3.8) is 0 Å². The van der Waals surface area contributed by atoms with Crippen LogP contribution in [0.4, 0.5) is 0 Å². The topological polar surface area (TPSA) is 13.7 Å². The summed E-state index contributed by atoms with van der Waals surface area (Å²) >= 11 is 0. The van der Waals surface area contributed by atoms with Gasteiger partial charge in [-0.1, -0.05) is 39.1 Å². The van der Waals surface area contributed by atoms with E-state index in [1.165, 1.54) is 16.0 Å². The molecule has 0 bridgehead atoms. The van der Waals surface area contributed by atoms with Crippen molar-refractivity contribution in [1.82, 2.24) is 0 Å². The van der Waals surface area contributed by atoms with Crippen LogP contribution < -0.4 is 9.64 Å². The summed E-state index contributed by atoms with van der Waals surface area (Å²) in [6.45, 7) is 17.9. The molecule has 2 heteroatoms. The number of ether oxygens (including phenoxy) is 1. The summed E-state index contributed by atoms with van der Waals surface area (Å²) in [6.07, 6.45) is 4.98. The standard InChI is InChI=1S/C19H29NO/c1-6-11-20(12-7-2)13-8-14-21-19-15-18(16(3)4)10-9-17(19)5/h6-7,9-10,15-16H,1-2,8,11-14H2,3-5H3/p+1. The highest BCUT2D eigenvalue weighted by atomic mass is 16.5. The number of benzene rings is 1. The fourth-order valence-corrected chi connectivity index (χ4v) is 2.33. The van der Waals surface area contributed by atoms with Crippen LogP contribution in [-0.2, 0) is 0 Å². The highest BCUT2D eigenvalue weighted by molar-refractivity contribution is 5.37. The van der Waals surface area contributed by atoms with E-state index in [1.54, 1.807) is 0 Å². The van der Waals surface area contributed by atoms with Crippen LogP contribution in [0.3, 0.4) is 0 Å². The Balaban J connectivity index is 2.46. The molecular formula is C19H30NO+. The van der Waals surface area contributed by atoms with Crippen LogP contribution in [0.5, 0.6) is 5.75 Å².